The molecule has 1 aliphatic heterocycles. The first kappa shape index (κ1) is 19.1. The van der Waals surface area contributed by atoms with Crippen LogP contribution in [-0.4, -0.2) is 51.9 Å². The van der Waals surface area contributed by atoms with Gasteiger partial charge in [-0.05, 0) is 19.3 Å². The fourth-order valence-corrected chi connectivity index (χ4v) is 4.95. The summed E-state index contributed by atoms with van der Waals surface area (Å²) < 4.78 is 11.1. The van der Waals surface area contributed by atoms with Gasteiger partial charge >= 0.3 is 11.9 Å². The molecule has 1 saturated heterocycles. The second kappa shape index (κ2) is 6.83. The smallest absolute Gasteiger partial charge is 0.334 e. The maximum Gasteiger partial charge on any atom is 0.334 e. The average molecular weight is 383 g/mol. The van der Waals surface area contributed by atoms with Gasteiger partial charge in [0.05, 0.1) is 17.9 Å². The molecular weight excluding hydrogens is 360 g/mol. The predicted octanol–water partition coefficient (Wildman–Crippen LogP) is 1.50. The highest BCUT2D eigenvalue weighted by atomic mass is 35.5. The van der Waals surface area contributed by atoms with Crippen LogP contribution in [-0.2, 0) is 19.1 Å². The zero-order valence-corrected chi connectivity index (χ0v) is 15.3. The first-order valence-electron chi connectivity index (χ1n) is 8.61. The lowest BCUT2D eigenvalue weighted by molar-refractivity contribution is -0.154. The number of hydrogen-bond acceptors (Lipinski definition) is 6. The number of fused-ring (bicyclic) bond motifs is 3. The molecular formula is C19H23ClO6. The number of halogens is 1. The van der Waals surface area contributed by atoms with Crippen LogP contribution in [0.3, 0.4) is 0 Å². The molecule has 7 atom stereocenters. The van der Waals surface area contributed by atoms with Crippen molar-refractivity contribution in [2.45, 2.75) is 43.7 Å². The highest BCUT2D eigenvalue weighted by Crippen LogP contribution is 2.55. The minimum absolute atomic E-state index is 0.194. The molecule has 7 unspecified atom stereocenters. The maximum atomic E-state index is 12.2. The Bertz CT molecular complexity index is 686. The molecule has 2 saturated carbocycles. The molecule has 0 aromatic heterocycles. The van der Waals surface area contributed by atoms with Crippen LogP contribution in [0.25, 0.3) is 0 Å². The van der Waals surface area contributed by atoms with Gasteiger partial charge in [-0.15, -0.1) is 11.6 Å². The molecule has 0 bridgehead atoms. The number of ether oxygens (including phenoxy) is 2. The monoisotopic (exact) mass is 382 g/mol. The number of aliphatic hydroxyl groups excluding tert-OH is 1. The van der Waals surface area contributed by atoms with E-state index in [2.05, 4.69) is 13.2 Å². The van der Waals surface area contributed by atoms with Gasteiger partial charge in [0.2, 0.25) is 0 Å². The summed E-state index contributed by atoms with van der Waals surface area (Å²) in [6.07, 6.45) is 0.890. The van der Waals surface area contributed by atoms with Crippen molar-refractivity contribution in [3.05, 3.63) is 36.5 Å². The maximum absolute atomic E-state index is 12.2. The number of carbonyl (C=O) groups is 2. The summed E-state index contributed by atoms with van der Waals surface area (Å²) in [6.45, 7) is 9.59. The summed E-state index contributed by atoms with van der Waals surface area (Å²) in [5.41, 5.74) is -0.697. The molecule has 3 aliphatic rings. The Hall–Kier alpha value is -1.63. The molecule has 7 heteroatoms. The molecule has 0 radical (unpaired) electrons. The quantitative estimate of drug-likeness (QED) is 0.332. The van der Waals surface area contributed by atoms with Crippen LogP contribution in [0.1, 0.15) is 19.8 Å². The van der Waals surface area contributed by atoms with Crippen molar-refractivity contribution < 1.29 is 29.3 Å². The first-order chi connectivity index (χ1) is 12.2. The first-order valence-corrected chi connectivity index (χ1v) is 9.15. The normalized spacial score (nSPS) is 42.4. The average Bonchev–Trinajstić information content (AvgIpc) is 2.97. The molecule has 3 rings (SSSR count). The van der Waals surface area contributed by atoms with Crippen LogP contribution in [0.4, 0.5) is 0 Å². The zero-order valence-electron chi connectivity index (χ0n) is 14.6. The number of alkyl halides is 1. The van der Waals surface area contributed by atoms with E-state index in [4.69, 9.17) is 21.1 Å². The van der Waals surface area contributed by atoms with E-state index in [-0.39, 0.29) is 23.8 Å². The Kier molecular flexibility index (Phi) is 5.03. The van der Waals surface area contributed by atoms with E-state index in [9.17, 15) is 19.8 Å². The van der Waals surface area contributed by atoms with E-state index in [0.717, 1.165) is 5.57 Å². The molecule has 142 valence electrons. The van der Waals surface area contributed by atoms with Crippen molar-refractivity contribution in [1.82, 2.24) is 0 Å². The third-order valence-electron chi connectivity index (χ3n) is 5.85. The van der Waals surface area contributed by atoms with E-state index < -0.39 is 47.7 Å². The Morgan fingerprint density at radius 2 is 2.19 bits per heavy atom. The van der Waals surface area contributed by atoms with Crippen molar-refractivity contribution in [3.8, 4) is 0 Å². The summed E-state index contributed by atoms with van der Waals surface area (Å²) in [4.78, 5) is 24.2. The molecule has 6 nitrogen and oxygen atoms in total. The second-order valence-electron chi connectivity index (χ2n) is 7.27. The van der Waals surface area contributed by atoms with Gasteiger partial charge in [-0.2, -0.15) is 0 Å². The summed E-state index contributed by atoms with van der Waals surface area (Å²) in [7, 11) is 0. The minimum Gasteiger partial charge on any atom is -0.458 e. The highest BCUT2D eigenvalue weighted by molar-refractivity contribution is 6.18. The topological polar surface area (TPSA) is 93.1 Å². The Morgan fingerprint density at radius 3 is 2.81 bits per heavy atom. The van der Waals surface area contributed by atoms with Gasteiger partial charge in [0.25, 0.3) is 0 Å². The number of allylic oxidation sites excluding steroid dienone is 1. The Balaban J connectivity index is 2.03. The zero-order chi connectivity index (χ0) is 19.2. The molecule has 0 aromatic carbocycles. The van der Waals surface area contributed by atoms with Crippen LogP contribution in [0, 0.1) is 17.8 Å². The molecule has 1 heterocycles. The number of esters is 2. The molecule has 0 amide bonds. The fourth-order valence-electron chi connectivity index (χ4n) is 4.59. The number of aliphatic hydroxyl groups is 2. The fraction of sp³-hybridized carbons (Fsp3) is 0.579. The summed E-state index contributed by atoms with van der Waals surface area (Å²) in [5.74, 6) is -2.89. The van der Waals surface area contributed by atoms with Gasteiger partial charge in [-0.25, -0.2) is 9.59 Å². The predicted molar refractivity (Wildman–Crippen MR) is 94.2 cm³/mol. The molecule has 26 heavy (non-hydrogen) atoms. The largest absolute Gasteiger partial charge is 0.458 e. The lowest BCUT2D eigenvalue weighted by Gasteiger charge is -2.37. The SMILES string of the molecule is C=C1CC(OC(=O)C=CC)C2C(=C)C(=O)OC2C2C1CC(O)C2(O)CCl. The van der Waals surface area contributed by atoms with E-state index >= 15 is 0 Å². The van der Waals surface area contributed by atoms with Crippen molar-refractivity contribution in [2.24, 2.45) is 17.8 Å². The number of carbonyl (C=O) groups excluding carboxylic acids is 2. The summed E-state index contributed by atoms with van der Waals surface area (Å²) >= 11 is 5.99. The Morgan fingerprint density at radius 1 is 1.50 bits per heavy atom. The van der Waals surface area contributed by atoms with Crippen LogP contribution >= 0.6 is 11.6 Å². The van der Waals surface area contributed by atoms with Crippen molar-refractivity contribution in [2.75, 3.05) is 5.88 Å². The summed E-state index contributed by atoms with van der Waals surface area (Å²) in [5, 5.41) is 21.4. The van der Waals surface area contributed by atoms with Crippen molar-refractivity contribution in [3.63, 3.8) is 0 Å². The lowest BCUT2D eigenvalue weighted by atomic mass is 9.76. The summed E-state index contributed by atoms with van der Waals surface area (Å²) in [6, 6.07) is 0. The molecule has 2 N–H and O–H groups in total. The van der Waals surface area contributed by atoms with Crippen LogP contribution in [0.5, 0.6) is 0 Å². The van der Waals surface area contributed by atoms with Crippen LogP contribution < -0.4 is 0 Å². The molecule has 2 aliphatic carbocycles. The van der Waals surface area contributed by atoms with Gasteiger partial charge in [-0.1, -0.05) is 24.8 Å². The van der Waals surface area contributed by atoms with E-state index in [1.54, 1.807) is 13.0 Å². The number of rotatable bonds is 3. The third kappa shape index (κ3) is 2.80. The lowest BCUT2D eigenvalue weighted by Crippen LogP contribution is -2.52. The van der Waals surface area contributed by atoms with Gasteiger partial charge in [-0.3, -0.25) is 0 Å². The van der Waals surface area contributed by atoms with E-state index in [1.807, 2.05) is 0 Å². The van der Waals surface area contributed by atoms with Crippen LogP contribution in [0.15, 0.2) is 36.5 Å². The molecule has 0 aromatic rings. The standard InChI is InChI=1S/C19H23ClO6/c1-4-5-14(22)25-12-6-9(2)11-7-13(21)19(24,8-20)16(11)17-15(12)10(3)18(23)26-17/h4-5,11-13,15-17,21,24H,2-3,6-8H2,1H3. The number of hydrogen-bond donors (Lipinski definition) is 2. The minimum atomic E-state index is -1.62. The molecule has 0 spiro atoms. The second-order valence-corrected chi connectivity index (χ2v) is 7.53. The Labute approximate surface area is 157 Å². The van der Waals surface area contributed by atoms with Crippen molar-refractivity contribution in [1.29, 1.82) is 0 Å². The van der Waals surface area contributed by atoms with Crippen molar-refractivity contribution >= 4 is 23.5 Å². The third-order valence-corrected chi connectivity index (χ3v) is 6.28. The van der Waals surface area contributed by atoms with Crippen LogP contribution in [0.2, 0.25) is 0 Å². The van der Waals surface area contributed by atoms with Gasteiger partial charge in [0.1, 0.15) is 17.8 Å². The van der Waals surface area contributed by atoms with E-state index in [1.165, 1.54) is 6.08 Å². The van der Waals surface area contributed by atoms with Gasteiger partial charge < -0.3 is 19.7 Å². The molecule has 3 fully saturated rings. The van der Waals surface area contributed by atoms with E-state index in [0.29, 0.717) is 6.42 Å². The highest BCUT2D eigenvalue weighted by Gasteiger charge is 2.64. The van der Waals surface area contributed by atoms with Gasteiger partial charge in [0, 0.05) is 24.0 Å². The van der Waals surface area contributed by atoms with Gasteiger partial charge in [0.15, 0.2) is 0 Å².